The number of carbonyl (C=O) groups excluding carboxylic acids is 2. The molecule has 0 saturated carbocycles. The predicted molar refractivity (Wildman–Crippen MR) is 110 cm³/mol. The maximum atomic E-state index is 12.7. The van der Waals surface area contributed by atoms with E-state index in [1.54, 1.807) is 12.1 Å². The van der Waals surface area contributed by atoms with Crippen LogP contribution in [0.4, 0.5) is 5.69 Å². The number of nitrogens with zero attached hydrogens (tertiary/aromatic N) is 1. The summed E-state index contributed by atoms with van der Waals surface area (Å²) in [6.45, 7) is 2.30. The maximum Gasteiger partial charge on any atom is 0.340 e. The number of sulfonamides is 1. The summed E-state index contributed by atoms with van der Waals surface area (Å²) in [6.07, 6.45) is 1.61. The number of rotatable bonds is 6. The van der Waals surface area contributed by atoms with Crippen LogP contribution in [0, 0.1) is 6.92 Å². The van der Waals surface area contributed by atoms with Crippen molar-refractivity contribution in [3.8, 4) is 0 Å². The second-order valence-corrected chi connectivity index (χ2v) is 9.09. The van der Waals surface area contributed by atoms with Crippen LogP contribution in [0.2, 0.25) is 5.02 Å². The quantitative estimate of drug-likeness (QED) is 0.702. The number of carbonyl (C=O) groups is 2. The van der Waals surface area contributed by atoms with E-state index in [4.69, 9.17) is 16.3 Å². The molecule has 2 aromatic carbocycles. The number of esters is 1. The average molecular weight is 437 g/mol. The molecule has 0 atom stereocenters. The van der Waals surface area contributed by atoms with Crippen LogP contribution >= 0.6 is 11.6 Å². The van der Waals surface area contributed by atoms with Gasteiger partial charge in [0.05, 0.1) is 15.5 Å². The Morgan fingerprint density at radius 3 is 2.41 bits per heavy atom. The topological polar surface area (TPSA) is 92.8 Å². The van der Waals surface area contributed by atoms with Crippen molar-refractivity contribution < 1.29 is 22.7 Å². The third kappa shape index (κ3) is 5.14. The third-order valence-corrected chi connectivity index (χ3v) is 6.75. The van der Waals surface area contributed by atoms with Gasteiger partial charge in [-0.1, -0.05) is 29.3 Å². The third-order valence-electron chi connectivity index (χ3n) is 4.53. The van der Waals surface area contributed by atoms with Crippen LogP contribution in [-0.2, 0) is 19.6 Å². The molecular formula is C20H21ClN2O5S. The van der Waals surface area contributed by atoms with Gasteiger partial charge in [0.2, 0.25) is 10.0 Å². The summed E-state index contributed by atoms with van der Waals surface area (Å²) in [5, 5.41) is 2.66. The van der Waals surface area contributed by atoms with Crippen molar-refractivity contribution >= 4 is 39.2 Å². The number of nitrogens with one attached hydrogen (secondary N) is 1. The van der Waals surface area contributed by atoms with Crippen molar-refractivity contribution in [2.75, 3.05) is 25.0 Å². The van der Waals surface area contributed by atoms with E-state index in [1.807, 2.05) is 19.1 Å². The van der Waals surface area contributed by atoms with E-state index in [-0.39, 0.29) is 15.5 Å². The fourth-order valence-corrected chi connectivity index (χ4v) is 4.68. The molecule has 3 rings (SSSR count). The van der Waals surface area contributed by atoms with Gasteiger partial charge in [-0.25, -0.2) is 13.2 Å². The van der Waals surface area contributed by atoms with E-state index in [2.05, 4.69) is 5.32 Å². The largest absolute Gasteiger partial charge is 0.452 e. The van der Waals surface area contributed by atoms with Crippen LogP contribution in [0.1, 0.15) is 28.8 Å². The molecule has 0 bridgehead atoms. The molecule has 29 heavy (non-hydrogen) atoms. The van der Waals surface area contributed by atoms with Gasteiger partial charge in [-0.15, -0.1) is 0 Å². The van der Waals surface area contributed by atoms with E-state index in [0.717, 1.165) is 18.4 Å². The van der Waals surface area contributed by atoms with Gasteiger partial charge < -0.3 is 10.1 Å². The van der Waals surface area contributed by atoms with Crippen LogP contribution < -0.4 is 5.32 Å². The highest BCUT2D eigenvalue weighted by molar-refractivity contribution is 7.89. The van der Waals surface area contributed by atoms with E-state index >= 15 is 0 Å². The number of benzene rings is 2. The first-order valence-corrected chi connectivity index (χ1v) is 10.9. The molecule has 2 aromatic rings. The zero-order valence-electron chi connectivity index (χ0n) is 15.9. The summed E-state index contributed by atoms with van der Waals surface area (Å²) < 4.78 is 31.8. The lowest BCUT2D eigenvalue weighted by Gasteiger charge is -2.16. The van der Waals surface area contributed by atoms with Crippen LogP contribution in [0.3, 0.4) is 0 Å². The molecule has 0 spiro atoms. The molecule has 1 N–H and O–H groups in total. The monoisotopic (exact) mass is 436 g/mol. The Balaban J connectivity index is 1.67. The lowest BCUT2D eigenvalue weighted by atomic mass is 10.2. The van der Waals surface area contributed by atoms with Gasteiger partial charge in [0.25, 0.3) is 5.91 Å². The van der Waals surface area contributed by atoms with Crippen LogP contribution in [0.15, 0.2) is 47.4 Å². The summed E-state index contributed by atoms with van der Waals surface area (Å²) in [5.41, 5.74) is 1.52. The summed E-state index contributed by atoms with van der Waals surface area (Å²) in [7, 11) is -3.70. The Hall–Kier alpha value is -2.42. The molecular weight excluding hydrogens is 416 g/mol. The molecule has 1 amide bonds. The summed E-state index contributed by atoms with van der Waals surface area (Å²) in [6, 6.07) is 11.0. The van der Waals surface area contributed by atoms with Crippen molar-refractivity contribution in [1.29, 1.82) is 0 Å². The molecule has 9 heteroatoms. The highest BCUT2D eigenvalue weighted by Gasteiger charge is 2.28. The first-order valence-electron chi connectivity index (χ1n) is 9.11. The number of amides is 1. The van der Waals surface area contributed by atoms with Gasteiger partial charge in [-0.3, -0.25) is 4.79 Å². The SMILES string of the molecule is Cc1ccc(NC(=O)COC(=O)c2cc(S(=O)(=O)N3CCCC3)ccc2Cl)cc1. The van der Waals surface area contributed by atoms with Gasteiger partial charge in [-0.2, -0.15) is 4.31 Å². The van der Waals surface area contributed by atoms with Crippen LogP contribution in [-0.4, -0.2) is 44.3 Å². The second kappa shape index (κ2) is 8.94. The van der Waals surface area contributed by atoms with E-state index in [0.29, 0.717) is 18.8 Å². The lowest BCUT2D eigenvalue weighted by molar-refractivity contribution is -0.119. The second-order valence-electron chi connectivity index (χ2n) is 6.74. The number of aryl methyl sites for hydroxylation is 1. The zero-order chi connectivity index (χ0) is 21.0. The lowest BCUT2D eigenvalue weighted by Crippen LogP contribution is -2.28. The smallest absolute Gasteiger partial charge is 0.340 e. The minimum absolute atomic E-state index is 0.0279. The van der Waals surface area contributed by atoms with Crippen LogP contribution in [0.25, 0.3) is 0 Å². The highest BCUT2D eigenvalue weighted by atomic mass is 35.5. The first kappa shape index (κ1) is 21.3. The Morgan fingerprint density at radius 1 is 1.10 bits per heavy atom. The number of halogens is 1. The molecule has 1 aliphatic rings. The fraction of sp³-hybridized carbons (Fsp3) is 0.300. The predicted octanol–water partition coefficient (Wildman–Crippen LogP) is 3.23. The van der Waals surface area contributed by atoms with Crippen molar-refractivity contribution in [2.45, 2.75) is 24.7 Å². The molecule has 1 saturated heterocycles. The Labute approximate surface area is 174 Å². The van der Waals surface area contributed by atoms with Gasteiger partial charge >= 0.3 is 5.97 Å². The zero-order valence-corrected chi connectivity index (χ0v) is 17.4. The Kier molecular flexibility index (Phi) is 6.56. The number of hydrogen-bond donors (Lipinski definition) is 1. The molecule has 0 aliphatic carbocycles. The molecule has 154 valence electrons. The van der Waals surface area contributed by atoms with Gasteiger partial charge in [0.15, 0.2) is 6.61 Å². The van der Waals surface area contributed by atoms with Crippen molar-refractivity contribution in [1.82, 2.24) is 4.31 Å². The summed E-state index contributed by atoms with van der Waals surface area (Å²) in [5.74, 6) is -1.38. The van der Waals surface area contributed by atoms with Crippen molar-refractivity contribution in [2.24, 2.45) is 0 Å². The van der Waals surface area contributed by atoms with Gasteiger partial charge in [0.1, 0.15) is 0 Å². The minimum atomic E-state index is -3.70. The normalized spacial score (nSPS) is 14.6. The first-order chi connectivity index (χ1) is 13.8. The van der Waals surface area contributed by atoms with Gasteiger partial charge in [-0.05, 0) is 50.1 Å². The van der Waals surface area contributed by atoms with Crippen molar-refractivity contribution in [3.05, 3.63) is 58.6 Å². The van der Waals surface area contributed by atoms with Gasteiger partial charge in [0, 0.05) is 18.8 Å². The van der Waals surface area contributed by atoms with E-state index < -0.39 is 28.5 Å². The average Bonchev–Trinajstić information content (AvgIpc) is 3.24. The standard InChI is InChI=1S/C20H21ClN2O5S/c1-14-4-6-15(7-5-14)22-19(24)13-28-20(25)17-12-16(8-9-18(17)21)29(26,27)23-10-2-3-11-23/h4-9,12H,2-3,10-11,13H2,1H3,(H,22,24). The van der Waals surface area contributed by atoms with E-state index in [9.17, 15) is 18.0 Å². The maximum absolute atomic E-state index is 12.7. The number of ether oxygens (including phenoxy) is 1. The van der Waals surface area contributed by atoms with Crippen LogP contribution in [0.5, 0.6) is 0 Å². The minimum Gasteiger partial charge on any atom is -0.452 e. The number of hydrogen-bond acceptors (Lipinski definition) is 5. The fourth-order valence-electron chi connectivity index (χ4n) is 2.94. The molecule has 0 aromatic heterocycles. The molecule has 1 fully saturated rings. The Bertz CT molecular complexity index is 1020. The molecule has 0 unspecified atom stereocenters. The number of anilines is 1. The molecule has 1 heterocycles. The summed E-state index contributed by atoms with van der Waals surface area (Å²) in [4.78, 5) is 24.3. The summed E-state index contributed by atoms with van der Waals surface area (Å²) >= 11 is 6.05. The van der Waals surface area contributed by atoms with Crippen molar-refractivity contribution in [3.63, 3.8) is 0 Å². The Morgan fingerprint density at radius 2 is 1.76 bits per heavy atom. The molecule has 1 aliphatic heterocycles. The molecule has 7 nitrogen and oxygen atoms in total. The highest BCUT2D eigenvalue weighted by Crippen LogP contribution is 2.25. The molecule has 0 radical (unpaired) electrons. The van der Waals surface area contributed by atoms with E-state index in [1.165, 1.54) is 22.5 Å².